The third-order valence-corrected chi connectivity index (χ3v) is 4.43. The molecule has 1 amide bonds. The van der Waals surface area contributed by atoms with Crippen LogP contribution in [-0.4, -0.2) is 19.1 Å². The summed E-state index contributed by atoms with van der Waals surface area (Å²) in [5.74, 6) is 1.51. The highest BCUT2D eigenvalue weighted by Crippen LogP contribution is 2.41. The highest BCUT2D eigenvalue weighted by atomic mass is 16.5. The minimum Gasteiger partial charge on any atom is -0.497 e. The lowest BCUT2D eigenvalue weighted by molar-refractivity contribution is -0.124. The average molecular weight is 290 g/mol. The molecule has 1 aliphatic carbocycles. The van der Waals surface area contributed by atoms with Gasteiger partial charge in [0.2, 0.25) is 5.91 Å². The molecule has 0 bridgehead atoms. The number of hydrogen-bond donors (Lipinski definition) is 2. The Balaban J connectivity index is 2.07. The van der Waals surface area contributed by atoms with Crippen LogP contribution in [0.5, 0.6) is 5.75 Å². The fourth-order valence-corrected chi connectivity index (χ4v) is 2.48. The molecule has 0 aromatic heterocycles. The summed E-state index contributed by atoms with van der Waals surface area (Å²) in [6.07, 6.45) is 3.23. The van der Waals surface area contributed by atoms with E-state index in [-0.39, 0.29) is 17.9 Å². The van der Waals surface area contributed by atoms with Crippen LogP contribution in [0.1, 0.15) is 44.7 Å². The molecule has 1 aromatic rings. The Morgan fingerprint density at radius 1 is 1.38 bits per heavy atom. The molecule has 0 spiro atoms. The van der Waals surface area contributed by atoms with E-state index < -0.39 is 6.04 Å². The highest BCUT2D eigenvalue weighted by Gasteiger charge is 2.34. The van der Waals surface area contributed by atoms with Gasteiger partial charge in [0.25, 0.3) is 0 Å². The van der Waals surface area contributed by atoms with Gasteiger partial charge >= 0.3 is 0 Å². The van der Waals surface area contributed by atoms with E-state index in [1.165, 1.54) is 0 Å². The first-order valence-corrected chi connectivity index (χ1v) is 7.76. The summed E-state index contributed by atoms with van der Waals surface area (Å²) in [7, 11) is 1.65. The predicted octanol–water partition coefficient (Wildman–Crippen LogP) is 2.64. The summed E-state index contributed by atoms with van der Waals surface area (Å²) in [4.78, 5) is 12.3. The van der Waals surface area contributed by atoms with Crippen LogP contribution in [0.2, 0.25) is 0 Å². The molecule has 1 aromatic carbocycles. The number of ether oxygens (including phenoxy) is 1. The van der Waals surface area contributed by atoms with Gasteiger partial charge in [-0.15, -0.1) is 0 Å². The lowest BCUT2D eigenvalue weighted by Crippen LogP contribution is -2.46. The molecule has 3 atom stereocenters. The Hall–Kier alpha value is -1.55. The summed E-state index contributed by atoms with van der Waals surface area (Å²) in [5.41, 5.74) is 7.16. The molecule has 0 heterocycles. The Morgan fingerprint density at radius 3 is 2.48 bits per heavy atom. The predicted molar refractivity (Wildman–Crippen MR) is 84.0 cm³/mol. The van der Waals surface area contributed by atoms with Crippen molar-refractivity contribution in [2.75, 3.05) is 7.11 Å². The highest BCUT2D eigenvalue weighted by molar-refractivity contribution is 5.82. The van der Waals surface area contributed by atoms with Crippen molar-refractivity contribution in [2.45, 2.75) is 45.2 Å². The van der Waals surface area contributed by atoms with Crippen molar-refractivity contribution in [3.63, 3.8) is 0 Å². The van der Waals surface area contributed by atoms with Crippen molar-refractivity contribution < 1.29 is 9.53 Å². The van der Waals surface area contributed by atoms with E-state index in [0.717, 1.165) is 30.6 Å². The smallest absolute Gasteiger partial charge is 0.237 e. The largest absolute Gasteiger partial charge is 0.497 e. The number of hydrogen-bond acceptors (Lipinski definition) is 3. The molecule has 0 radical (unpaired) electrons. The van der Waals surface area contributed by atoms with Gasteiger partial charge in [-0.2, -0.15) is 0 Å². The van der Waals surface area contributed by atoms with Gasteiger partial charge in [-0.3, -0.25) is 4.79 Å². The second-order valence-electron chi connectivity index (χ2n) is 6.01. The third kappa shape index (κ3) is 3.97. The lowest BCUT2D eigenvalue weighted by Gasteiger charge is -2.24. The zero-order valence-electron chi connectivity index (χ0n) is 13.1. The maximum atomic E-state index is 12.3. The molecule has 116 valence electrons. The molecule has 2 rings (SSSR count). The van der Waals surface area contributed by atoms with Gasteiger partial charge in [-0.05, 0) is 42.4 Å². The van der Waals surface area contributed by atoms with Crippen LogP contribution < -0.4 is 15.8 Å². The number of methoxy groups -OCH3 is 1. The van der Waals surface area contributed by atoms with E-state index in [9.17, 15) is 4.79 Å². The minimum absolute atomic E-state index is 0.0444. The van der Waals surface area contributed by atoms with E-state index >= 15 is 0 Å². The summed E-state index contributed by atoms with van der Waals surface area (Å²) in [6.45, 7) is 4.07. The number of nitrogens with one attached hydrogen (secondary N) is 1. The molecule has 1 aliphatic rings. The third-order valence-electron chi connectivity index (χ3n) is 4.43. The molecule has 0 saturated heterocycles. The van der Waals surface area contributed by atoms with Crippen molar-refractivity contribution in [2.24, 2.45) is 17.6 Å². The molecule has 21 heavy (non-hydrogen) atoms. The lowest BCUT2D eigenvalue weighted by atomic mass is 9.97. The number of nitrogens with two attached hydrogens (primary N) is 1. The van der Waals surface area contributed by atoms with Crippen molar-refractivity contribution in [1.82, 2.24) is 5.32 Å². The maximum Gasteiger partial charge on any atom is 0.237 e. The van der Waals surface area contributed by atoms with Crippen LogP contribution in [-0.2, 0) is 4.79 Å². The van der Waals surface area contributed by atoms with Crippen LogP contribution in [0.15, 0.2) is 24.3 Å². The average Bonchev–Trinajstić information content (AvgIpc) is 3.35. The van der Waals surface area contributed by atoms with E-state index in [1.807, 2.05) is 31.2 Å². The number of rotatable bonds is 7. The van der Waals surface area contributed by atoms with Crippen molar-refractivity contribution in [3.8, 4) is 5.75 Å². The second-order valence-corrected chi connectivity index (χ2v) is 6.01. The summed E-state index contributed by atoms with van der Waals surface area (Å²) in [6, 6.07) is 7.55. The number of benzene rings is 1. The van der Waals surface area contributed by atoms with Crippen LogP contribution in [0.25, 0.3) is 0 Å². The van der Waals surface area contributed by atoms with Crippen LogP contribution in [0.4, 0.5) is 0 Å². The standard InChI is InChI=1S/C17H26N2O2/c1-4-11(2)15(18)17(20)19-16(12-5-6-12)13-7-9-14(21-3)10-8-13/h7-12,15-16H,4-6,18H2,1-3H3,(H,19,20). The molecule has 3 N–H and O–H groups in total. The summed E-state index contributed by atoms with van der Waals surface area (Å²) < 4.78 is 5.18. The first kappa shape index (κ1) is 15.8. The quantitative estimate of drug-likeness (QED) is 0.811. The van der Waals surface area contributed by atoms with Crippen molar-refractivity contribution in [3.05, 3.63) is 29.8 Å². The van der Waals surface area contributed by atoms with Gasteiger partial charge in [0, 0.05) is 0 Å². The van der Waals surface area contributed by atoms with Gasteiger partial charge < -0.3 is 15.8 Å². The SMILES string of the molecule is CCC(C)C(N)C(=O)NC(c1ccc(OC)cc1)C1CC1. The van der Waals surface area contributed by atoms with E-state index in [1.54, 1.807) is 7.11 Å². The van der Waals surface area contributed by atoms with Gasteiger partial charge in [0.05, 0.1) is 19.2 Å². The number of amides is 1. The van der Waals surface area contributed by atoms with E-state index in [2.05, 4.69) is 12.2 Å². The molecule has 4 nitrogen and oxygen atoms in total. The molecular formula is C17H26N2O2. The van der Waals surface area contributed by atoms with Gasteiger partial charge in [0.1, 0.15) is 5.75 Å². The zero-order valence-corrected chi connectivity index (χ0v) is 13.1. The van der Waals surface area contributed by atoms with Gasteiger partial charge in [0.15, 0.2) is 0 Å². The van der Waals surface area contributed by atoms with Gasteiger partial charge in [-0.1, -0.05) is 32.4 Å². The molecule has 1 saturated carbocycles. The Labute approximate surface area is 127 Å². The minimum atomic E-state index is -0.436. The molecule has 0 aliphatic heterocycles. The molecule has 1 fully saturated rings. The second kappa shape index (κ2) is 6.94. The first-order chi connectivity index (χ1) is 10.1. The van der Waals surface area contributed by atoms with E-state index in [0.29, 0.717) is 5.92 Å². The number of carbonyl (C=O) groups is 1. The Morgan fingerprint density at radius 2 is 2.00 bits per heavy atom. The molecule has 3 unspecified atom stereocenters. The fourth-order valence-electron chi connectivity index (χ4n) is 2.48. The zero-order chi connectivity index (χ0) is 15.4. The van der Waals surface area contributed by atoms with Crippen molar-refractivity contribution >= 4 is 5.91 Å². The van der Waals surface area contributed by atoms with E-state index in [4.69, 9.17) is 10.5 Å². The summed E-state index contributed by atoms with van der Waals surface area (Å²) >= 11 is 0. The topological polar surface area (TPSA) is 64.4 Å². The fraction of sp³-hybridized carbons (Fsp3) is 0.588. The number of carbonyl (C=O) groups excluding carboxylic acids is 1. The molecule has 4 heteroatoms. The normalized spacial score (nSPS) is 18.7. The summed E-state index contributed by atoms with van der Waals surface area (Å²) in [5, 5.41) is 3.14. The van der Waals surface area contributed by atoms with Crippen molar-refractivity contribution in [1.29, 1.82) is 0 Å². The monoisotopic (exact) mass is 290 g/mol. The Bertz CT molecular complexity index is 468. The van der Waals surface area contributed by atoms with Crippen LogP contribution >= 0.6 is 0 Å². The van der Waals surface area contributed by atoms with Crippen LogP contribution in [0, 0.1) is 11.8 Å². The molecular weight excluding hydrogens is 264 g/mol. The van der Waals surface area contributed by atoms with Crippen LogP contribution in [0.3, 0.4) is 0 Å². The first-order valence-electron chi connectivity index (χ1n) is 7.76. The Kier molecular flexibility index (Phi) is 5.23. The maximum absolute atomic E-state index is 12.3. The van der Waals surface area contributed by atoms with Gasteiger partial charge in [-0.25, -0.2) is 0 Å².